The Morgan fingerprint density at radius 1 is 1.25 bits per heavy atom. The number of ether oxygens (including phenoxy) is 1. The van der Waals surface area contributed by atoms with Gasteiger partial charge in [0.2, 0.25) is 0 Å². The van der Waals surface area contributed by atoms with Crippen molar-refractivity contribution in [1.29, 1.82) is 0 Å². The average Bonchev–Trinajstić information content (AvgIpc) is 2.27. The highest BCUT2D eigenvalue weighted by Crippen LogP contribution is 2.32. The number of carboxylic acid groups (broad SMARTS) is 2. The van der Waals surface area contributed by atoms with Crippen molar-refractivity contribution in [2.45, 2.75) is 0 Å². The van der Waals surface area contributed by atoms with Gasteiger partial charge in [0.15, 0.2) is 5.75 Å². The Morgan fingerprint density at radius 3 is 2.62 bits per heavy atom. The van der Waals surface area contributed by atoms with E-state index in [1.54, 1.807) is 0 Å². The van der Waals surface area contributed by atoms with Gasteiger partial charge in [0.25, 0.3) is 0 Å². The summed E-state index contributed by atoms with van der Waals surface area (Å²) in [6.07, 6.45) is 1.22. The van der Waals surface area contributed by atoms with Gasteiger partial charge in [-0.3, -0.25) is 0 Å². The van der Waals surface area contributed by atoms with Crippen LogP contribution >= 0.6 is 0 Å². The van der Waals surface area contributed by atoms with E-state index < -0.39 is 12.1 Å². The third kappa shape index (κ3) is 1.56. The molecule has 2 N–H and O–H groups in total. The summed E-state index contributed by atoms with van der Waals surface area (Å²) in [5.74, 6) is -0.822. The zero-order chi connectivity index (χ0) is 11.7. The highest BCUT2D eigenvalue weighted by molar-refractivity contribution is 5.95. The van der Waals surface area contributed by atoms with Crippen molar-refractivity contribution in [1.82, 2.24) is 0 Å². The summed E-state index contributed by atoms with van der Waals surface area (Å²) in [5, 5.41) is 17.7. The lowest BCUT2D eigenvalue weighted by Crippen LogP contribution is -2.25. The van der Waals surface area contributed by atoms with Crippen molar-refractivity contribution in [2.24, 2.45) is 0 Å². The molecule has 0 bridgehead atoms. The molecule has 6 nitrogen and oxygen atoms in total. The molecule has 0 aliphatic carbocycles. The first kappa shape index (κ1) is 10.0. The number of anilines is 1. The number of aromatic carboxylic acids is 1. The third-order valence-electron chi connectivity index (χ3n) is 2.08. The molecule has 0 unspecified atom stereocenters. The number of hydrogen-bond donors (Lipinski definition) is 2. The van der Waals surface area contributed by atoms with Crippen LogP contribution < -0.4 is 9.64 Å². The normalized spacial score (nSPS) is 12.9. The second-order valence-corrected chi connectivity index (χ2v) is 3.04. The van der Waals surface area contributed by atoms with Gasteiger partial charge in [-0.15, -0.1) is 0 Å². The molecule has 0 saturated heterocycles. The topological polar surface area (TPSA) is 87.1 Å². The minimum Gasteiger partial charge on any atom is -0.478 e. The molecule has 1 amide bonds. The van der Waals surface area contributed by atoms with Crippen LogP contribution in [0.3, 0.4) is 0 Å². The number of carbonyl (C=O) groups is 2. The lowest BCUT2D eigenvalue weighted by Gasteiger charge is -2.21. The molecule has 1 aromatic carbocycles. The number of benzene rings is 1. The van der Waals surface area contributed by atoms with Crippen molar-refractivity contribution in [3.8, 4) is 5.75 Å². The molecule has 16 heavy (non-hydrogen) atoms. The Kier molecular flexibility index (Phi) is 2.24. The van der Waals surface area contributed by atoms with Crippen LogP contribution in [0.1, 0.15) is 10.4 Å². The van der Waals surface area contributed by atoms with Crippen molar-refractivity contribution in [3.05, 3.63) is 36.2 Å². The molecule has 1 aromatic rings. The monoisotopic (exact) mass is 221 g/mol. The fourth-order valence-electron chi connectivity index (χ4n) is 1.35. The van der Waals surface area contributed by atoms with Crippen LogP contribution in [0.4, 0.5) is 10.5 Å². The van der Waals surface area contributed by atoms with Gasteiger partial charge in [-0.2, -0.15) is 0 Å². The van der Waals surface area contributed by atoms with Crippen LogP contribution in [0, 0.1) is 0 Å². The second-order valence-electron chi connectivity index (χ2n) is 3.04. The number of amides is 1. The van der Waals surface area contributed by atoms with Crippen molar-refractivity contribution in [2.75, 3.05) is 4.90 Å². The largest absolute Gasteiger partial charge is 0.478 e. The minimum absolute atomic E-state index is 0.00361. The van der Waals surface area contributed by atoms with Crippen LogP contribution in [0.5, 0.6) is 5.75 Å². The van der Waals surface area contributed by atoms with Crippen molar-refractivity contribution >= 4 is 17.7 Å². The molecule has 0 atom stereocenters. The predicted octanol–water partition coefficient (Wildman–Crippen LogP) is 1.73. The summed E-state index contributed by atoms with van der Waals surface area (Å²) in [6, 6.07) is 4.01. The van der Waals surface area contributed by atoms with Crippen molar-refractivity contribution < 1.29 is 24.5 Å². The van der Waals surface area contributed by atoms with Gasteiger partial charge < -0.3 is 14.9 Å². The Bertz CT molecular complexity index is 494. The molecule has 0 radical (unpaired) electrons. The zero-order valence-electron chi connectivity index (χ0n) is 7.95. The second kappa shape index (κ2) is 3.58. The summed E-state index contributed by atoms with van der Waals surface area (Å²) < 4.78 is 5.06. The molecule has 0 saturated carbocycles. The van der Waals surface area contributed by atoms with Crippen LogP contribution in [0.15, 0.2) is 30.7 Å². The molecule has 0 aromatic heterocycles. The number of rotatable bonds is 1. The standard InChI is InChI=1S/C10H7NO5/c12-9(13)6-1-2-8-7(5-6)11(10(14)15)3-4-16-8/h1-5H,(H,12,13)(H,14,15). The van der Waals surface area contributed by atoms with Gasteiger partial charge in [-0.05, 0) is 18.2 Å². The van der Waals surface area contributed by atoms with E-state index in [4.69, 9.17) is 14.9 Å². The fourth-order valence-corrected chi connectivity index (χ4v) is 1.35. The highest BCUT2D eigenvalue weighted by atomic mass is 16.5. The van der Waals surface area contributed by atoms with Crippen molar-refractivity contribution in [3.63, 3.8) is 0 Å². The van der Waals surface area contributed by atoms with E-state index in [-0.39, 0.29) is 11.3 Å². The number of hydrogen-bond acceptors (Lipinski definition) is 3. The third-order valence-corrected chi connectivity index (χ3v) is 2.08. The summed E-state index contributed by atoms with van der Waals surface area (Å²) in [6.45, 7) is 0. The maximum absolute atomic E-state index is 10.9. The highest BCUT2D eigenvalue weighted by Gasteiger charge is 2.21. The molecule has 1 heterocycles. The Labute approximate surface area is 90.0 Å². The number of fused-ring (bicyclic) bond motifs is 1. The zero-order valence-corrected chi connectivity index (χ0v) is 7.95. The summed E-state index contributed by atoms with van der Waals surface area (Å²) >= 11 is 0. The lowest BCUT2D eigenvalue weighted by molar-refractivity contribution is 0.0696. The molecule has 0 fully saturated rings. The molecule has 1 aliphatic heterocycles. The van der Waals surface area contributed by atoms with Gasteiger partial charge >= 0.3 is 12.1 Å². The van der Waals surface area contributed by atoms with Gasteiger partial charge in [-0.25, -0.2) is 14.5 Å². The molecule has 82 valence electrons. The lowest BCUT2D eigenvalue weighted by atomic mass is 10.1. The van der Waals surface area contributed by atoms with E-state index >= 15 is 0 Å². The van der Waals surface area contributed by atoms with E-state index in [9.17, 15) is 9.59 Å². The number of nitrogens with zero attached hydrogens (tertiary/aromatic N) is 1. The molecular weight excluding hydrogens is 214 g/mol. The van der Waals surface area contributed by atoms with Gasteiger partial charge in [-0.1, -0.05) is 0 Å². The maximum Gasteiger partial charge on any atom is 0.416 e. The van der Waals surface area contributed by atoms with Crippen LogP contribution in [-0.4, -0.2) is 22.3 Å². The molecule has 0 spiro atoms. The fraction of sp³-hybridized carbons (Fsp3) is 0. The van der Waals surface area contributed by atoms with Gasteiger partial charge in [0.05, 0.1) is 17.5 Å². The number of carboxylic acids is 1. The van der Waals surface area contributed by atoms with E-state index in [0.29, 0.717) is 5.75 Å². The summed E-state index contributed by atoms with van der Waals surface area (Å²) in [7, 11) is 0. The summed E-state index contributed by atoms with van der Waals surface area (Å²) in [5.41, 5.74) is 0.193. The van der Waals surface area contributed by atoms with E-state index in [0.717, 1.165) is 4.90 Å². The summed E-state index contributed by atoms with van der Waals surface area (Å²) in [4.78, 5) is 22.5. The Balaban J connectivity index is 2.52. The molecule has 6 heteroatoms. The first-order valence-electron chi connectivity index (χ1n) is 4.32. The van der Waals surface area contributed by atoms with E-state index in [1.165, 1.54) is 30.7 Å². The van der Waals surface area contributed by atoms with Crippen LogP contribution in [0.25, 0.3) is 0 Å². The minimum atomic E-state index is -1.21. The van der Waals surface area contributed by atoms with Gasteiger partial charge in [0.1, 0.15) is 6.26 Å². The Hall–Kier alpha value is -2.50. The SMILES string of the molecule is O=C(O)c1ccc2c(c1)N(C(=O)O)C=CO2. The molecule has 2 rings (SSSR count). The quantitative estimate of drug-likeness (QED) is 0.754. The Morgan fingerprint density at radius 2 is 2.00 bits per heavy atom. The molecular formula is C10H7NO5. The molecule has 1 aliphatic rings. The predicted molar refractivity (Wildman–Crippen MR) is 53.7 cm³/mol. The maximum atomic E-state index is 10.9. The smallest absolute Gasteiger partial charge is 0.416 e. The first-order chi connectivity index (χ1) is 7.59. The van der Waals surface area contributed by atoms with E-state index in [2.05, 4.69) is 0 Å². The first-order valence-corrected chi connectivity index (χ1v) is 4.32. The van der Waals surface area contributed by atoms with Crippen LogP contribution in [0.2, 0.25) is 0 Å². The van der Waals surface area contributed by atoms with Gasteiger partial charge in [0, 0.05) is 0 Å². The van der Waals surface area contributed by atoms with Crippen LogP contribution in [-0.2, 0) is 0 Å². The van der Waals surface area contributed by atoms with E-state index in [1.807, 2.05) is 0 Å². The average molecular weight is 221 g/mol.